The van der Waals surface area contributed by atoms with Gasteiger partial charge in [0.15, 0.2) is 6.10 Å². The molecule has 0 unspecified atom stereocenters. The van der Waals surface area contributed by atoms with Gasteiger partial charge in [-0.2, -0.15) is 0 Å². The molecule has 1 amide bonds. The minimum Gasteiger partial charge on any atom is -0.463 e. The summed E-state index contributed by atoms with van der Waals surface area (Å²) in [5.74, 6) is 0.322. The van der Waals surface area contributed by atoms with Gasteiger partial charge in [-0.25, -0.2) is 4.98 Å². The number of anilines is 1. The van der Waals surface area contributed by atoms with Gasteiger partial charge in [0.25, 0.3) is 5.91 Å². The maximum absolute atomic E-state index is 11.2. The van der Waals surface area contributed by atoms with Gasteiger partial charge in [-0.1, -0.05) is 0 Å². The molecular weight excluding hydrogens is 236 g/mol. The lowest BCUT2D eigenvalue weighted by Gasteiger charge is -2.21. The lowest BCUT2D eigenvalue weighted by atomic mass is 10.3. The summed E-state index contributed by atoms with van der Waals surface area (Å²) in [4.78, 5) is 15.2. The van der Waals surface area contributed by atoms with E-state index < -0.39 is 6.10 Å². The number of halogens is 1. The van der Waals surface area contributed by atoms with E-state index in [4.69, 9.17) is 4.74 Å². The minimum absolute atomic E-state index is 0.146. The highest BCUT2D eigenvalue weighted by molar-refractivity contribution is 9.10. The fourth-order valence-electron chi connectivity index (χ4n) is 1.07. The largest absolute Gasteiger partial charge is 0.463 e. The monoisotopic (exact) mass is 242 g/mol. The Balaban J connectivity index is 2.42. The summed E-state index contributed by atoms with van der Waals surface area (Å²) in [6, 6.07) is 1.76. The third-order valence-corrected chi connectivity index (χ3v) is 2.17. The van der Waals surface area contributed by atoms with Gasteiger partial charge in [0.1, 0.15) is 5.69 Å². The van der Waals surface area contributed by atoms with E-state index in [0.29, 0.717) is 11.6 Å². The Morgan fingerprint density at radius 1 is 1.69 bits per heavy atom. The number of amides is 1. The van der Waals surface area contributed by atoms with Crippen LogP contribution in [0.1, 0.15) is 6.92 Å². The van der Waals surface area contributed by atoms with Crippen LogP contribution in [0.5, 0.6) is 5.88 Å². The zero-order valence-corrected chi connectivity index (χ0v) is 8.46. The quantitative estimate of drug-likeness (QED) is 0.752. The highest BCUT2D eigenvalue weighted by atomic mass is 79.9. The number of rotatable bonds is 0. The first-order chi connectivity index (χ1) is 6.16. The number of carbonyl (C=O) groups excluding carboxylic acids is 1. The number of nitrogens with zero attached hydrogens (tertiary/aromatic N) is 1. The summed E-state index contributed by atoms with van der Waals surface area (Å²) in [6.07, 6.45) is 1.16. The van der Waals surface area contributed by atoms with Crippen molar-refractivity contribution in [2.24, 2.45) is 0 Å². The predicted octanol–water partition coefficient (Wildman–Crippen LogP) is 1.56. The lowest BCUT2D eigenvalue weighted by molar-refractivity contribution is -0.122. The van der Waals surface area contributed by atoms with Crippen molar-refractivity contribution in [3.63, 3.8) is 0 Å². The summed E-state index contributed by atoms with van der Waals surface area (Å²) in [7, 11) is 0. The van der Waals surface area contributed by atoms with Crippen LogP contribution in [0, 0.1) is 0 Å². The second-order valence-corrected chi connectivity index (χ2v) is 3.67. The summed E-state index contributed by atoms with van der Waals surface area (Å²) in [5, 5.41) is 2.69. The van der Waals surface area contributed by atoms with Crippen molar-refractivity contribution in [3.05, 3.63) is 16.7 Å². The van der Waals surface area contributed by atoms with E-state index in [1.54, 1.807) is 19.2 Å². The van der Waals surface area contributed by atoms with Crippen LogP contribution in [0.3, 0.4) is 0 Å². The summed E-state index contributed by atoms with van der Waals surface area (Å²) in [5.41, 5.74) is 0.609. The second kappa shape index (κ2) is 2.99. The Hall–Kier alpha value is -1.10. The first-order valence-electron chi connectivity index (χ1n) is 3.80. The van der Waals surface area contributed by atoms with Crippen LogP contribution in [0.25, 0.3) is 0 Å². The van der Waals surface area contributed by atoms with E-state index in [1.807, 2.05) is 0 Å². The molecule has 0 saturated heterocycles. The molecule has 1 aliphatic rings. The fourth-order valence-corrected chi connectivity index (χ4v) is 1.40. The molecule has 0 aromatic carbocycles. The topological polar surface area (TPSA) is 51.2 Å². The molecule has 1 N–H and O–H groups in total. The average Bonchev–Trinajstić information content (AvgIpc) is 2.08. The van der Waals surface area contributed by atoms with Gasteiger partial charge in [0.2, 0.25) is 5.88 Å². The van der Waals surface area contributed by atoms with Gasteiger partial charge in [-0.15, -0.1) is 0 Å². The van der Waals surface area contributed by atoms with Crippen molar-refractivity contribution in [2.75, 3.05) is 5.32 Å². The van der Waals surface area contributed by atoms with Crippen LogP contribution in [0.15, 0.2) is 16.7 Å². The van der Waals surface area contributed by atoms with Crippen molar-refractivity contribution < 1.29 is 9.53 Å². The first kappa shape index (κ1) is 8.50. The predicted molar refractivity (Wildman–Crippen MR) is 50.7 cm³/mol. The van der Waals surface area contributed by atoms with Crippen molar-refractivity contribution in [2.45, 2.75) is 13.0 Å². The number of fused-ring (bicyclic) bond motifs is 1. The molecule has 1 aromatic heterocycles. The standard InChI is InChI=1S/C8H7BrN2O2/c1-4-7(12)11-6-2-5(9)3-10-8(6)13-4/h2-4H,1H3,(H,11,12)/t4-/m1/s1. The maximum atomic E-state index is 11.2. The van der Waals surface area contributed by atoms with Crippen molar-refractivity contribution in [1.29, 1.82) is 0 Å². The molecule has 2 heterocycles. The molecule has 5 heteroatoms. The molecule has 13 heavy (non-hydrogen) atoms. The highest BCUT2D eigenvalue weighted by Gasteiger charge is 2.24. The van der Waals surface area contributed by atoms with Crippen LogP contribution >= 0.6 is 15.9 Å². The molecule has 0 spiro atoms. The minimum atomic E-state index is -0.471. The molecule has 1 atom stereocenters. The van der Waals surface area contributed by atoms with Crippen molar-refractivity contribution in [3.8, 4) is 5.88 Å². The number of pyridine rings is 1. The van der Waals surface area contributed by atoms with Gasteiger partial charge in [0.05, 0.1) is 0 Å². The Labute approximate surface area is 83.4 Å². The van der Waals surface area contributed by atoms with Crippen LogP contribution < -0.4 is 10.1 Å². The highest BCUT2D eigenvalue weighted by Crippen LogP contribution is 2.29. The lowest BCUT2D eigenvalue weighted by Crippen LogP contribution is -2.34. The van der Waals surface area contributed by atoms with Crippen LogP contribution in [-0.4, -0.2) is 17.0 Å². The van der Waals surface area contributed by atoms with Crippen LogP contribution in [0.2, 0.25) is 0 Å². The number of hydrogen-bond acceptors (Lipinski definition) is 3. The van der Waals surface area contributed by atoms with E-state index in [9.17, 15) is 4.79 Å². The summed E-state index contributed by atoms with van der Waals surface area (Å²) >= 11 is 3.26. The van der Waals surface area contributed by atoms with Crippen LogP contribution in [0.4, 0.5) is 5.69 Å². The van der Waals surface area contributed by atoms with Gasteiger partial charge < -0.3 is 10.1 Å². The zero-order valence-electron chi connectivity index (χ0n) is 6.87. The van der Waals surface area contributed by atoms with Gasteiger partial charge in [0, 0.05) is 10.7 Å². The summed E-state index contributed by atoms with van der Waals surface area (Å²) in [6.45, 7) is 1.68. The van der Waals surface area contributed by atoms with Crippen LogP contribution in [-0.2, 0) is 4.79 Å². The molecule has 1 aromatic rings. The molecule has 1 aliphatic heterocycles. The Kier molecular flexibility index (Phi) is 1.95. The number of nitrogens with one attached hydrogen (secondary N) is 1. The van der Waals surface area contributed by atoms with E-state index in [0.717, 1.165) is 4.47 Å². The Morgan fingerprint density at radius 2 is 2.46 bits per heavy atom. The molecule has 0 bridgehead atoms. The molecule has 0 fully saturated rings. The molecule has 0 radical (unpaired) electrons. The maximum Gasteiger partial charge on any atom is 0.265 e. The molecule has 0 aliphatic carbocycles. The van der Waals surface area contributed by atoms with E-state index in [1.165, 1.54) is 0 Å². The SMILES string of the molecule is C[C@H]1Oc2ncc(Br)cc2NC1=O. The summed E-state index contributed by atoms with van der Waals surface area (Å²) < 4.78 is 6.06. The fraction of sp³-hybridized carbons (Fsp3) is 0.250. The van der Waals surface area contributed by atoms with Gasteiger partial charge in [-0.05, 0) is 28.9 Å². The normalized spacial score (nSPS) is 20.2. The first-order valence-corrected chi connectivity index (χ1v) is 4.59. The molecule has 68 valence electrons. The third kappa shape index (κ3) is 1.51. The smallest absolute Gasteiger partial charge is 0.265 e. The van der Waals surface area contributed by atoms with Gasteiger partial charge in [-0.3, -0.25) is 4.79 Å². The third-order valence-electron chi connectivity index (χ3n) is 1.73. The molecule has 4 nitrogen and oxygen atoms in total. The van der Waals surface area contributed by atoms with Gasteiger partial charge >= 0.3 is 0 Å². The van der Waals surface area contributed by atoms with Crippen molar-refractivity contribution >= 4 is 27.5 Å². The number of hydrogen-bond donors (Lipinski definition) is 1. The van der Waals surface area contributed by atoms with E-state index in [2.05, 4.69) is 26.2 Å². The Bertz CT molecular complexity index is 367. The molecule has 2 rings (SSSR count). The van der Waals surface area contributed by atoms with Crippen molar-refractivity contribution in [1.82, 2.24) is 4.98 Å². The number of carbonyl (C=O) groups is 1. The molecule has 0 saturated carbocycles. The van der Waals surface area contributed by atoms with E-state index >= 15 is 0 Å². The van der Waals surface area contributed by atoms with E-state index in [-0.39, 0.29) is 5.91 Å². The average molecular weight is 243 g/mol. The number of aromatic nitrogens is 1. The zero-order chi connectivity index (χ0) is 9.42. The second-order valence-electron chi connectivity index (χ2n) is 2.76. The Morgan fingerprint density at radius 3 is 3.23 bits per heavy atom. The molecular formula is C8H7BrN2O2. The number of ether oxygens (including phenoxy) is 1.